The summed E-state index contributed by atoms with van der Waals surface area (Å²) in [5.41, 5.74) is 3.02. The molecule has 0 spiro atoms. The van der Waals surface area contributed by atoms with E-state index in [4.69, 9.17) is 9.72 Å². The molecule has 0 unspecified atom stereocenters. The highest BCUT2D eigenvalue weighted by Gasteiger charge is 2.25. The van der Waals surface area contributed by atoms with Crippen LogP contribution in [0.1, 0.15) is 66.9 Å². The van der Waals surface area contributed by atoms with Gasteiger partial charge in [0, 0.05) is 19.6 Å². The summed E-state index contributed by atoms with van der Waals surface area (Å²) in [6.07, 6.45) is 3.47. The molecule has 0 saturated carbocycles. The first-order chi connectivity index (χ1) is 14.4. The molecule has 0 N–H and O–H groups in total. The van der Waals surface area contributed by atoms with E-state index >= 15 is 0 Å². The molecular weight excluding hydrogens is 394 g/mol. The lowest BCUT2D eigenvalue weighted by Gasteiger charge is -2.21. The van der Waals surface area contributed by atoms with Crippen molar-refractivity contribution in [3.63, 3.8) is 0 Å². The number of aryl methyl sites for hydroxylation is 1. The van der Waals surface area contributed by atoms with Crippen molar-refractivity contribution in [2.45, 2.75) is 52.9 Å². The molecule has 1 aromatic carbocycles. The molecule has 0 aliphatic carbocycles. The molecule has 5 nitrogen and oxygen atoms in total. The highest BCUT2D eigenvalue weighted by molar-refractivity contribution is 7.17. The molecule has 1 aromatic heterocycles. The number of benzene rings is 1. The maximum atomic E-state index is 13.3. The fourth-order valence-corrected chi connectivity index (χ4v) is 4.94. The molecule has 30 heavy (non-hydrogen) atoms. The van der Waals surface area contributed by atoms with Gasteiger partial charge in [0.2, 0.25) is 0 Å². The van der Waals surface area contributed by atoms with Gasteiger partial charge in [-0.1, -0.05) is 33.3 Å². The van der Waals surface area contributed by atoms with Crippen LogP contribution in [0.25, 0.3) is 10.6 Å². The Balaban J connectivity index is 1.81. The third-order valence-corrected chi connectivity index (χ3v) is 6.99. The van der Waals surface area contributed by atoms with Gasteiger partial charge in [-0.3, -0.25) is 4.79 Å². The van der Waals surface area contributed by atoms with Gasteiger partial charge in [-0.2, -0.15) is 0 Å². The molecule has 6 heteroatoms. The Labute approximate surface area is 185 Å². The van der Waals surface area contributed by atoms with Gasteiger partial charge in [0.15, 0.2) is 0 Å². The minimum atomic E-state index is 0.118. The van der Waals surface area contributed by atoms with E-state index in [-0.39, 0.29) is 5.91 Å². The standard InChI is InChI=1S/C24H35N3O2S/c1-6-7-11-26-12-8-13-27(15-14-26)24(28)22-18(4)25-23(30-22)20-16-19(17(2)3)9-10-21(20)29-5/h9-10,16-17H,6-8,11-15H2,1-5H3. The number of hydrogen-bond donors (Lipinski definition) is 0. The number of thiazole rings is 1. The SMILES string of the molecule is CCCCN1CCCN(C(=O)c2sc(-c3cc(C(C)C)ccc3OC)nc2C)CC1. The lowest BCUT2D eigenvalue weighted by Crippen LogP contribution is -2.35. The summed E-state index contributed by atoms with van der Waals surface area (Å²) in [5.74, 6) is 1.34. The van der Waals surface area contributed by atoms with E-state index in [9.17, 15) is 4.79 Å². The van der Waals surface area contributed by atoms with E-state index < -0.39 is 0 Å². The highest BCUT2D eigenvalue weighted by Crippen LogP contribution is 2.37. The maximum Gasteiger partial charge on any atom is 0.265 e. The molecule has 1 aliphatic heterocycles. The van der Waals surface area contributed by atoms with E-state index in [0.29, 0.717) is 5.92 Å². The van der Waals surface area contributed by atoms with Crippen LogP contribution < -0.4 is 4.74 Å². The van der Waals surface area contributed by atoms with Gasteiger partial charge in [0.1, 0.15) is 15.6 Å². The molecule has 1 saturated heterocycles. The normalized spacial score (nSPS) is 15.5. The zero-order valence-corrected chi connectivity index (χ0v) is 19.8. The van der Waals surface area contributed by atoms with Crippen LogP contribution in [-0.4, -0.2) is 60.5 Å². The Morgan fingerprint density at radius 2 is 2.03 bits per heavy atom. The summed E-state index contributed by atoms with van der Waals surface area (Å²) in [7, 11) is 1.68. The van der Waals surface area contributed by atoms with Gasteiger partial charge in [0.05, 0.1) is 18.4 Å². The predicted octanol–water partition coefficient (Wildman–Crippen LogP) is 5.20. The maximum absolute atomic E-state index is 13.3. The van der Waals surface area contributed by atoms with Crippen LogP contribution in [0.3, 0.4) is 0 Å². The number of methoxy groups -OCH3 is 1. The number of ether oxygens (including phenoxy) is 1. The minimum absolute atomic E-state index is 0.118. The van der Waals surface area contributed by atoms with Crippen molar-refractivity contribution in [1.29, 1.82) is 0 Å². The fourth-order valence-electron chi connectivity index (χ4n) is 3.88. The van der Waals surface area contributed by atoms with Crippen molar-refractivity contribution in [3.8, 4) is 16.3 Å². The quantitative estimate of drug-likeness (QED) is 0.607. The molecule has 2 heterocycles. The highest BCUT2D eigenvalue weighted by atomic mass is 32.1. The van der Waals surface area contributed by atoms with Crippen LogP contribution in [0.2, 0.25) is 0 Å². The van der Waals surface area contributed by atoms with Crippen LogP contribution in [-0.2, 0) is 0 Å². The third kappa shape index (κ3) is 5.22. The van der Waals surface area contributed by atoms with E-state index in [0.717, 1.165) is 66.0 Å². The minimum Gasteiger partial charge on any atom is -0.496 e. The number of nitrogens with zero attached hydrogens (tertiary/aromatic N) is 3. The Bertz CT molecular complexity index is 862. The number of carbonyl (C=O) groups excluding carboxylic acids is 1. The van der Waals surface area contributed by atoms with E-state index in [1.807, 2.05) is 17.9 Å². The number of hydrogen-bond acceptors (Lipinski definition) is 5. The summed E-state index contributed by atoms with van der Waals surface area (Å²) in [4.78, 5) is 23.3. The van der Waals surface area contributed by atoms with Crippen molar-refractivity contribution in [3.05, 3.63) is 34.3 Å². The Kier molecular flexibility index (Phi) is 7.89. The fraction of sp³-hybridized carbons (Fsp3) is 0.583. The zero-order valence-electron chi connectivity index (χ0n) is 19.0. The molecule has 1 aliphatic rings. The summed E-state index contributed by atoms with van der Waals surface area (Å²) < 4.78 is 5.59. The zero-order chi connectivity index (χ0) is 21.7. The molecule has 1 fully saturated rings. The van der Waals surface area contributed by atoms with E-state index in [1.54, 1.807) is 7.11 Å². The second-order valence-corrected chi connectivity index (χ2v) is 9.39. The summed E-state index contributed by atoms with van der Waals surface area (Å²) in [5, 5.41) is 0.856. The van der Waals surface area contributed by atoms with Crippen LogP contribution in [0.5, 0.6) is 5.75 Å². The van der Waals surface area contributed by atoms with Crippen molar-refractivity contribution < 1.29 is 9.53 Å². The second kappa shape index (κ2) is 10.4. The van der Waals surface area contributed by atoms with Gasteiger partial charge >= 0.3 is 0 Å². The summed E-state index contributed by atoms with van der Waals surface area (Å²) in [6.45, 7) is 13.3. The molecule has 1 amide bonds. The van der Waals surface area contributed by atoms with Crippen LogP contribution >= 0.6 is 11.3 Å². The monoisotopic (exact) mass is 429 g/mol. The Morgan fingerprint density at radius 1 is 1.23 bits per heavy atom. The van der Waals surface area contributed by atoms with E-state index in [2.05, 4.69) is 37.8 Å². The average molecular weight is 430 g/mol. The van der Waals surface area contributed by atoms with Crippen LogP contribution in [0.4, 0.5) is 0 Å². The van der Waals surface area contributed by atoms with Gasteiger partial charge in [-0.25, -0.2) is 4.98 Å². The number of amides is 1. The predicted molar refractivity (Wildman–Crippen MR) is 125 cm³/mol. The molecule has 2 aromatic rings. The van der Waals surface area contributed by atoms with Crippen LogP contribution in [0, 0.1) is 6.92 Å². The van der Waals surface area contributed by atoms with Gasteiger partial charge < -0.3 is 14.5 Å². The number of unbranched alkanes of at least 4 members (excludes halogenated alkanes) is 1. The second-order valence-electron chi connectivity index (χ2n) is 8.39. The van der Waals surface area contributed by atoms with Crippen molar-refractivity contribution in [2.75, 3.05) is 39.8 Å². The first-order valence-electron chi connectivity index (χ1n) is 11.1. The topological polar surface area (TPSA) is 45.7 Å². The third-order valence-electron chi connectivity index (χ3n) is 5.82. The van der Waals surface area contributed by atoms with Gasteiger partial charge in [-0.05, 0) is 56.5 Å². The summed E-state index contributed by atoms with van der Waals surface area (Å²) in [6, 6.07) is 6.25. The first kappa shape index (κ1) is 22.8. The first-order valence-corrected chi connectivity index (χ1v) is 11.9. The lowest BCUT2D eigenvalue weighted by atomic mass is 10.0. The Morgan fingerprint density at radius 3 is 2.73 bits per heavy atom. The molecule has 0 atom stereocenters. The van der Waals surface area contributed by atoms with Crippen molar-refractivity contribution in [2.24, 2.45) is 0 Å². The largest absolute Gasteiger partial charge is 0.496 e. The van der Waals surface area contributed by atoms with Crippen molar-refractivity contribution >= 4 is 17.2 Å². The number of rotatable bonds is 7. The summed E-state index contributed by atoms with van der Waals surface area (Å²) >= 11 is 1.49. The van der Waals surface area contributed by atoms with Gasteiger partial charge in [-0.15, -0.1) is 11.3 Å². The number of carbonyl (C=O) groups is 1. The van der Waals surface area contributed by atoms with Gasteiger partial charge in [0.25, 0.3) is 5.91 Å². The number of aromatic nitrogens is 1. The molecular formula is C24H35N3O2S. The molecule has 0 radical (unpaired) electrons. The molecule has 3 rings (SSSR count). The smallest absolute Gasteiger partial charge is 0.265 e. The lowest BCUT2D eigenvalue weighted by molar-refractivity contribution is 0.0765. The van der Waals surface area contributed by atoms with Crippen molar-refractivity contribution in [1.82, 2.24) is 14.8 Å². The van der Waals surface area contributed by atoms with E-state index in [1.165, 1.54) is 29.7 Å². The Hall–Kier alpha value is -1.92. The molecule has 164 valence electrons. The molecule has 0 bridgehead atoms. The van der Waals surface area contributed by atoms with Crippen LogP contribution in [0.15, 0.2) is 18.2 Å². The average Bonchev–Trinajstić information content (AvgIpc) is 2.97.